The topological polar surface area (TPSA) is 93.1 Å². The summed E-state index contributed by atoms with van der Waals surface area (Å²) in [5.41, 5.74) is 3.81. The highest BCUT2D eigenvalue weighted by Crippen LogP contribution is 2.44. The number of thioether (sulfide) groups is 1. The van der Waals surface area contributed by atoms with Crippen molar-refractivity contribution in [1.82, 2.24) is 0 Å². The van der Waals surface area contributed by atoms with Crippen LogP contribution in [0.4, 0.5) is 0 Å². The summed E-state index contributed by atoms with van der Waals surface area (Å²) >= 11 is 9.57. The van der Waals surface area contributed by atoms with Crippen LogP contribution in [0.2, 0.25) is 0 Å². The summed E-state index contributed by atoms with van der Waals surface area (Å²) in [4.78, 5) is 29.6. The lowest BCUT2D eigenvalue weighted by molar-refractivity contribution is 0.0978. The van der Waals surface area contributed by atoms with E-state index in [9.17, 15) is 19.8 Å². The summed E-state index contributed by atoms with van der Waals surface area (Å²) in [6, 6.07) is 18.3. The first-order valence-corrected chi connectivity index (χ1v) is 16.1. The number of phenolic OH excluding ortho intramolecular Hbond substituents is 2. The fraction of sp³-hybridized carbons (Fsp3) is 0.156. The van der Waals surface area contributed by atoms with Gasteiger partial charge in [0.25, 0.3) is 0 Å². The van der Waals surface area contributed by atoms with Crippen LogP contribution in [0.3, 0.4) is 0 Å². The van der Waals surface area contributed by atoms with Gasteiger partial charge in [0.15, 0.2) is 11.6 Å². The van der Waals surface area contributed by atoms with Crippen molar-refractivity contribution in [3.8, 4) is 23.0 Å². The first-order valence-electron chi connectivity index (χ1n) is 12.7. The van der Waals surface area contributed by atoms with Crippen molar-refractivity contribution in [2.45, 2.75) is 37.3 Å². The lowest BCUT2D eigenvalue weighted by Crippen LogP contribution is -2.06. The second-order valence-corrected chi connectivity index (χ2v) is 12.7. The van der Waals surface area contributed by atoms with E-state index in [4.69, 9.17) is 21.7 Å². The molecule has 0 atom stereocenters. The van der Waals surface area contributed by atoms with Gasteiger partial charge in [-0.2, -0.15) is 0 Å². The fourth-order valence-corrected chi connectivity index (χ4v) is 7.61. The van der Waals surface area contributed by atoms with Gasteiger partial charge in [-0.25, -0.2) is 0 Å². The van der Waals surface area contributed by atoms with E-state index in [-0.39, 0.29) is 29.5 Å². The third-order valence-electron chi connectivity index (χ3n) is 6.75. The highest BCUT2D eigenvalue weighted by molar-refractivity contribution is 8.00. The summed E-state index contributed by atoms with van der Waals surface area (Å²) in [5, 5.41) is 21.1. The normalized spacial score (nSPS) is 13.2. The number of aromatic hydroxyl groups is 2. The van der Waals surface area contributed by atoms with E-state index in [0.717, 1.165) is 36.3 Å². The summed E-state index contributed by atoms with van der Waals surface area (Å²) in [5.74, 6) is 0.954. The molecule has 4 aromatic rings. The minimum absolute atomic E-state index is 0.0364. The van der Waals surface area contributed by atoms with Crippen LogP contribution < -0.4 is 9.47 Å². The Hall–Kier alpha value is -3.44. The van der Waals surface area contributed by atoms with Gasteiger partial charge < -0.3 is 19.7 Å². The molecule has 0 bridgehead atoms. The maximum atomic E-state index is 12.7. The van der Waals surface area contributed by atoms with Gasteiger partial charge in [-0.15, -0.1) is 11.8 Å². The van der Waals surface area contributed by atoms with E-state index in [2.05, 4.69) is 0 Å². The van der Waals surface area contributed by atoms with Gasteiger partial charge in [-0.05, 0) is 65.4 Å². The zero-order chi connectivity index (χ0) is 30.0. The van der Waals surface area contributed by atoms with Crippen molar-refractivity contribution in [2.75, 3.05) is 20.5 Å². The van der Waals surface area contributed by atoms with Crippen molar-refractivity contribution in [3.05, 3.63) is 88.5 Å². The lowest BCUT2D eigenvalue weighted by Gasteiger charge is -2.12. The highest BCUT2D eigenvalue weighted by Gasteiger charge is 2.26. The average molecular weight is 635 g/mol. The van der Waals surface area contributed by atoms with Crippen molar-refractivity contribution >= 4 is 64.4 Å². The molecule has 0 aliphatic carbocycles. The molecule has 2 aliphatic heterocycles. The van der Waals surface area contributed by atoms with Crippen molar-refractivity contribution in [1.29, 1.82) is 0 Å². The number of rotatable bonds is 4. The second-order valence-electron chi connectivity index (χ2n) is 9.40. The van der Waals surface area contributed by atoms with Crippen LogP contribution in [-0.2, 0) is 12.8 Å². The summed E-state index contributed by atoms with van der Waals surface area (Å²) < 4.78 is 10.7. The molecule has 0 unspecified atom stereocenters. The first-order chi connectivity index (χ1) is 20.2. The van der Waals surface area contributed by atoms with Gasteiger partial charge in [-0.1, -0.05) is 41.8 Å². The Balaban J connectivity index is 0.000000169. The number of ketones is 2. The molecular weight excluding hydrogens is 609 g/mol. The Morgan fingerprint density at radius 3 is 2.07 bits per heavy atom. The molecule has 4 aromatic carbocycles. The SMILES string of the molecule is COc1cc(OC)c2c(c1)Sc1ccc(C=S)cc1CC2=O.CSc1ccc2c(c1)CC(=O)c1c(O)cc(O)cc1S2. The molecule has 0 fully saturated rings. The summed E-state index contributed by atoms with van der Waals surface area (Å²) in [7, 11) is 3.17. The molecule has 42 heavy (non-hydrogen) atoms. The number of carbonyl (C=O) groups is 2. The summed E-state index contributed by atoms with van der Waals surface area (Å²) in [6.45, 7) is 0. The van der Waals surface area contributed by atoms with Gasteiger partial charge in [0.2, 0.25) is 0 Å². The van der Waals surface area contributed by atoms with E-state index in [1.807, 2.05) is 48.7 Å². The standard InChI is InChI=1S/C17H14O3S2.C15H12O3S2/c1-19-12-7-14(20-2)17-13(18)6-11-5-10(9-21)3-4-15(11)22-16(17)8-12;1-19-10-2-3-13-8(4-10)5-11(17)15-12(18)6-9(16)7-14(15)20-13/h3-5,7-9H,6H2,1-2H3;2-4,6-7,16,18H,5H2,1H3. The van der Waals surface area contributed by atoms with Crippen molar-refractivity contribution in [2.24, 2.45) is 0 Å². The third kappa shape index (κ3) is 6.17. The molecule has 214 valence electrons. The van der Waals surface area contributed by atoms with Crippen LogP contribution in [0, 0.1) is 0 Å². The Kier molecular flexibility index (Phi) is 9.17. The predicted molar refractivity (Wildman–Crippen MR) is 171 cm³/mol. The van der Waals surface area contributed by atoms with Crippen molar-refractivity contribution < 1.29 is 29.3 Å². The first kappa shape index (κ1) is 30.0. The molecule has 0 saturated carbocycles. The number of thiocarbonyl (C=S) groups is 1. The molecule has 2 heterocycles. The maximum Gasteiger partial charge on any atom is 0.172 e. The Morgan fingerprint density at radius 1 is 0.786 bits per heavy atom. The molecule has 0 spiro atoms. The van der Waals surface area contributed by atoms with Crippen LogP contribution in [0.1, 0.15) is 37.4 Å². The van der Waals surface area contributed by atoms with E-state index in [1.54, 1.807) is 49.2 Å². The number of hydrogen-bond acceptors (Lipinski definition) is 10. The largest absolute Gasteiger partial charge is 0.508 e. The Labute approximate surface area is 261 Å². The number of Topliss-reactive ketones (excluding diaryl/α,β-unsaturated/α-hetero) is 2. The zero-order valence-corrected chi connectivity index (χ0v) is 26.2. The minimum Gasteiger partial charge on any atom is -0.508 e. The quantitative estimate of drug-likeness (QED) is 0.172. The molecule has 0 radical (unpaired) electrons. The average Bonchev–Trinajstić information content (AvgIpc) is 3.21. The molecule has 0 amide bonds. The van der Waals surface area contributed by atoms with Gasteiger partial charge in [-0.3, -0.25) is 9.59 Å². The lowest BCUT2D eigenvalue weighted by atomic mass is 10.0. The molecule has 6 nitrogen and oxygen atoms in total. The summed E-state index contributed by atoms with van der Waals surface area (Å²) in [6.07, 6.45) is 2.60. The van der Waals surface area contributed by atoms with Crippen LogP contribution in [0.5, 0.6) is 23.0 Å². The monoisotopic (exact) mass is 634 g/mol. The second kappa shape index (κ2) is 12.8. The van der Waals surface area contributed by atoms with E-state index >= 15 is 0 Å². The molecule has 0 saturated heterocycles. The van der Waals surface area contributed by atoms with Gasteiger partial charge in [0.05, 0.1) is 25.3 Å². The number of methoxy groups -OCH3 is 2. The molecule has 6 rings (SSSR count). The molecular formula is C32H26O6S4. The van der Waals surface area contributed by atoms with Crippen LogP contribution >= 0.6 is 47.5 Å². The highest BCUT2D eigenvalue weighted by atomic mass is 32.2. The van der Waals surface area contributed by atoms with Crippen molar-refractivity contribution in [3.63, 3.8) is 0 Å². The fourth-order valence-electron chi connectivity index (χ4n) is 4.74. The Morgan fingerprint density at radius 2 is 1.43 bits per heavy atom. The number of phenols is 2. The van der Waals surface area contributed by atoms with E-state index in [1.165, 1.54) is 23.9 Å². The van der Waals surface area contributed by atoms with Crippen LogP contribution in [0.15, 0.2) is 85.1 Å². The number of benzene rings is 4. The van der Waals surface area contributed by atoms with E-state index in [0.29, 0.717) is 33.9 Å². The molecule has 10 heteroatoms. The third-order valence-corrected chi connectivity index (χ3v) is 10.1. The molecule has 2 N–H and O–H groups in total. The smallest absolute Gasteiger partial charge is 0.172 e. The maximum absolute atomic E-state index is 12.7. The number of fused-ring (bicyclic) bond motifs is 4. The van der Waals surface area contributed by atoms with Gasteiger partial charge in [0.1, 0.15) is 23.0 Å². The van der Waals surface area contributed by atoms with Crippen LogP contribution in [0.25, 0.3) is 0 Å². The molecule has 2 aliphatic rings. The Bertz CT molecular complexity index is 1730. The minimum atomic E-state index is -0.157. The number of ether oxygens (including phenoxy) is 2. The zero-order valence-electron chi connectivity index (χ0n) is 22.9. The number of hydrogen-bond donors (Lipinski definition) is 2. The number of carbonyl (C=O) groups excluding carboxylic acids is 2. The molecule has 0 aromatic heterocycles. The van der Waals surface area contributed by atoms with Gasteiger partial charge in [0, 0.05) is 54.8 Å². The van der Waals surface area contributed by atoms with E-state index < -0.39 is 0 Å². The van der Waals surface area contributed by atoms with Gasteiger partial charge >= 0.3 is 0 Å². The van der Waals surface area contributed by atoms with Crippen LogP contribution in [-0.4, -0.2) is 47.6 Å². The predicted octanol–water partition coefficient (Wildman–Crippen LogP) is 7.65.